The molecule has 30 heavy (non-hydrogen) atoms. The van der Waals surface area contributed by atoms with Crippen LogP contribution in [0.1, 0.15) is 5.56 Å². The summed E-state index contributed by atoms with van der Waals surface area (Å²) in [5, 5.41) is 2.64. The van der Waals surface area contributed by atoms with Crippen molar-refractivity contribution >= 4 is 33.5 Å². The number of aryl methyl sites for hydroxylation is 1. The van der Waals surface area contributed by atoms with Gasteiger partial charge in [0.05, 0.1) is 11.4 Å². The number of carbonyl (C=O) groups is 1. The zero-order chi connectivity index (χ0) is 21.1. The number of nitrogens with one attached hydrogen (secondary N) is 1. The molecule has 0 atom stereocenters. The first-order valence-corrected chi connectivity index (χ1v) is 10.4. The first kappa shape index (κ1) is 20.3. The Labute approximate surface area is 182 Å². The van der Waals surface area contributed by atoms with Crippen molar-refractivity contribution in [2.45, 2.75) is 6.92 Å². The van der Waals surface area contributed by atoms with E-state index in [1.807, 2.05) is 18.2 Å². The molecule has 6 nitrogen and oxygen atoms in total. The topological polar surface area (TPSA) is 61.4 Å². The van der Waals surface area contributed by atoms with Gasteiger partial charge in [-0.2, -0.15) is 0 Å². The Kier molecular flexibility index (Phi) is 5.94. The Morgan fingerprint density at radius 3 is 2.47 bits per heavy atom. The SMILES string of the molecule is Cc1ccc(-c2cc(N3CCN(C(=O)Nc4ccc(Br)cc4F)CC3)ncn2)cc1. The maximum absolute atomic E-state index is 14.0. The monoisotopic (exact) mass is 469 g/mol. The van der Waals surface area contributed by atoms with Gasteiger partial charge in [-0.05, 0) is 25.1 Å². The van der Waals surface area contributed by atoms with E-state index in [4.69, 9.17) is 0 Å². The van der Waals surface area contributed by atoms with Crippen LogP contribution in [-0.4, -0.2) is 47.1 Å². The summed E-state index contributed by atoms with van der Waals surface area (Å²) in [5.74, 6) is 0.362. The predicted octanol–water partition coefficient (Wildman–Crippen LogP) is 4.71. The van der Waals surface area contributed by atoms with Crippen LogP contribution in [0.4, 0.5) is 20.7 Å². The second-order valence-corrected chi connectivity index (χ2v) is 8.07. The van der Waals surface area contributed by atoms with Gasteiger partial charge >= 0.3 is 6.03 Å². The van der Waals surface area contributed by atoms with Gasteiger partial charge in [-0.15, -0.1) is 0 Å². The van der Waals surface area contributed by atoms with E-state index in [0.29, 0.717) is 30.7 Å². The van der Waals surface area contributed by atoms with Crippen molar-refractivity contribution in [2.24, 2.45) is 0 Å². The molecule has 1 aliphatic rings. The van der Waals surface area contributed by atoms with E-state index < -0.39 is 5.82 Å². The van der Waals surface area contributed by atoms with Crippen LogP contribution in [-0.2, 0) is 0 Å². The van der Waals surface area contributed by atoms with Gasteiger partial charge in [0.2, 0.25) is 0 Å². The molecular weight excluding hydrogens is 449 g/mol. The lowest BCUT2D eigenvalue weighted by molar-refractivity contribution is 0.208. The van der Waals surface area contributed by atoms with E-state index in [1.54, 1.807) is 23.4 Å². The second-order valence-electron chi connectivity index (χ2n) is 7.16. The fourth-order valence-electron chi connectivity index (χ4n) is 3.33. The molecular formula is C22H21BrFN5O. The number of anilines is 2. The molecule has 0 unspecified atom stereocenters. The van der Waals surface area contributed by atoms with Crippen LogP contribution >= 0.6 is 15.9 Å². The summed E-state index contributed by atoms with van der Waals surface area (Å²) in [6.07, 6.45) is 1.57. The van der Waals surface area contributed by atoms with E-state index in [2.05, 4.69) is 55.2 Å². The van der Waals surface area contributed by atoms with Gasteiger partial charge < -0.3 is 15.1 Å². The Morgan fingerprint density at radius 1 is 1.03 bits per heavy atom. The lowest BCUT2D eigenvalue weighted by atomic mass is 10.1. The third-order valence-electron chi connectivity index (χ3n) is 5.06. The van der Waals surface area contributed by atoms with Gasteiger partial charge in [-0.3, -0.25) is 0 Å². The lowest BCUT2D eigenvalue weighted by Gasteiger charge is -2.35. The average Bonchev–Trinajstić information content (AvgIpc) is 2.76. The zero-order valence-corrected chi connectivity index (χ0v) is 18.1. The summed E-state index contributed by atoms with van der Waals surface area (Å²) >= 11 is 3.21. The van der Waals surface area contributed by atoms with Gasteiger partial charge in [0.1, 0.15) is 18.0 Å². The van der Waals surface area contributed by atoms with Crippen LogP contribution in [0.3, 0.4) is 0 Å². The molecule has 0 bridgehead atoms. The molecule has 1 N–H and O–H groups in total. The number of rotatable bonds is 3. The number of halogens is 2. The molecule has 3 aromatic rings. The third kappa shape index (κ3) is 4.59. The predicted molar refractivity (Wildman–Crippen MR) is 119 cm³/mol. The highest BCUT2D eigenvalue weighted by atomic mass is 79.9. The minimum atomic E-state index is -0.471. The molecule has 154 valence electrons. The third-order valence-corrected chi connectivity index (χ3v) is 5.56. The summed E-state index contributed by atoms with van der Waals surface area (Å²) in [7, 11) is 0. The first-order chi connectivity index (χ1) is 14.5. The summed E-state index contributed by atoms with van der Waals surface area (Å²) < 4.78 is 14.6. The molecule has 1 fully saturated rings. The Morgan fingerprint density at radius 2 is 1.77 bits per heavy atom. The van der Waals surface area contributed by atoms with Crippen molar-refractivity contribution in [3.8, 4) is 11.3 Å². The van der Waals surface area contributed by atoms with E-state index in [-0.39, 0.29) is 11.7 Å². The molecule has 2 amide bonds. The number of hydrogen-bond donors (Lipinski definition) is 1. The number of benzene rings is 2. The van der Waals surface area contributed by atoms with E-state index >= 15 is 0 Å². The van der Waals surface area contributed by atoms with Gasteiger partial charge in [0, 0.05) is 42.3 Å². The lowest BCUT2D eigenvalue weighted by Crippen LogP contribution is -2.50. The van der Waals surface area contributed by atoms with Crippen LogP contribution < -0.4 is 10.2 Å². The Balaban J connectivity index is 1.39. The fraction of sp³-hybridized carbons (Fsp3) is 0.227. The number of aromatic nitrogens is 2. The number of carbonyl (C=O) groups excluding carboxylic acids is 1. The van der Waals surface area contributed by atoms with Crippen LogP contribution in [0.2, 0.25) is 0 Å². The summed E-state index contributed by atoms with van der Waals surface area (Å²) in [6, 6.07) is 14.4. The first-order valence-electron chi connectivity index (χ1n) is 9.64. The summed E-state index contributed by atoms with van der Waals surface area (Å²) in [6.45, 7) is 4.37. The fourth-order valence-corrected chi connectivity index (χ4v) is 3.66. The van der Waals surface area contributed by atoms with Gasteiger partial charge in [-0.25, -0.2) is 19.2 Å². The molecule has 2 aromatic carbocycles. The number of nitrogens with zero attached hydrogens (tertiary/aromatic N) is 4. The van der Waals surface area contributed by atoms with E-state index in [9.17, 15) is 9.18 Å². The molecule has 0 saturated carbocycles. The van der Waals surface area contributed by atoms with Gasteiger partial charge in [0.25, 0.3) is 0 Å². The van der Waals surface area contributed by atoms with Crippen LogP contribution in [0.5, 0.6) is 0 Å². The molecule has 8 heteroatoms. The number of urea groups is 1. The minimum absolute atomic E-state index is 0.171. The highest BCUT2D eigenvalue weighted by Crippen LogP contribution is 2.23. The average molecular weight is 470 g/mol. The quantitative estimate of drug-likeness (QED) is 0.603. The minimum Gasteiger partial charge on any atom is -0.353 e. The maximum atomic E-state index is 14.0. The molecule has 0 aliphatic carbocycles. The van der Waals surface area contributed by atoms with Crippen molar-refractivity contribution in [1.82, 2.24) is 14.9 Å². The second kappa shape index (κ2) is 8.79. The number of amides is 2. The van der Waals surface area contributed by atoms with Gasteiger partial charge in [0.15, 0.2) is 0 Å². The Bertz CT molecular complexity index is 1050. The number of hydrogen-bond acceptors (Lipinski definition) is 4. The molecule has 0 radical (unpaired) electrons. The number of piperazine rings is 1. The van der Waals surface area contributed by atoms with Crippen molar-refractivity contribution in [3.05, 3.63) is 70.7 Å². The van der Waals surface area contributed by atoms with Crippen molar-refractivity contribution < 1.29 is 9.18 Å². The van der Waals surface area contributed by atoms with E-state index in [1.165, 1.54) is 11.6 Å². The molecule has 1 saturated heterocycles. The standard InChI is InChI=1S/C22H21BrFN5O/c1-15-2-4-16(5-3-15)20-13-21(26-14-25-20)28-8-10-29(11-9-28)22(30)27-19-7-6-17(23)12-18(19)24/h2-7,12-14H,8-11H2,1H3,(H,27,30). The van der Waals surface area contributed by atoms with Crippen molar-refractivity contribution in [3.63, 3.8) is 0 Å². The van der Waals surface area contributed by atoms with E-state index in [0.717, 1.165) is 17.1 Å². The largest absolute Gasteiger partial charge is 0.353 e. The Hall–Kier alpha value is -3.00. The zero-order valence-electron chi connectivity index (χ0n) is 16.5. The highest BCUT2D eigenvalue weighted by molar-refractivity contribution is 9.10. The highest BCUT2D eigenvalue weighted by Gasteiger charge is 2.23. The molecule has 2 heterocycles. The van der Waals surface area contributed by atoms with Crippen LogP contribution in [0, 0.1) is 12.7 Å². The van der Waals surface area contributed by atoms with Crippen LogP contribution in [0.15, 0.2) is 59.3 Å². The summed E-state index contributed by atoms with van der Waals surface area (Å²) in [4.78, 5) is 25.1. The normalized spacial score (nSPS) is 14.0. The van der Waals surface area contributed by atoms with Crippen LogP contribution in [0.25, 0.3) is 11.3 Å². The molecule has 1 aromatic heterocycles. The van der Waals surface area contributed by atoms with Crippen molar-refractivity contribution in [1.29, 1.82) is 0 Å². The molecule has 4 rings (SSSR count). The maximum Gasteiger partial charge on any atom is 0.322 e. The smallest absolute Gasteiger partial charge is 0.322 e. The van der Waals surface area contributed by atoms with Crippen molar-refractivity contribution in [2.75, 3.05) is 36.4 Å². The molecule has 0 spiro atoms. The van der Waals surface area contributed by atoms with Gasteiger partial charge in [-0.1, -0.05) is 45.8 Å². The molecule has 1 aliphatic heterocycles. The summed E-state index contributed by atoms with van der Waals surface area (Å²) in [5.41, 5.74) is 3.28.